The van der Waals surface area contributed by atoms with Gasteiger partial charge in [-0.15, -0.1) is 0 Å². The number of fused-ring (bicyclic) bond motifs is 1. The molecule has 112 valence electrons. The van der Waals surface area contributed by atoms with Gasteiger partial charge in [-0.25, -0.2) is 4.79 Å². The smallest absolute Gasteiger partial charge is 0.340 e. The highest BCUT2D eigenvalue weighted by Gasteiger charge is 2.22. The van der Waals surface area contributed by atoms with Crippen LogP contribution >= 0.6 is 0 Å². The molecule has 0 saturated heterocycles. The molecule has 6 heteroatoms. The number of aromatic carboxylic acids is 1. The van der Waals surface area contributed by atoms with Gasteiger partial charge in [-0.1, -0.05) is 0 Å². The molecule has 3 rings (SSSR count). The second-order valence-corrected chi connectivity index (χ2v) is 4.68. The predicted octanol–water partition coefficient (Wildman–Crippen LogP) is 3.22. The first-order chi connectivity index (χ1) is 10.5. The third-order valence-corrected chi connectivity index (χ3v) is 3.33. The van der Waals surface area contributed by atoms with Gasteiger partial charge < -0.3 is 24.5 Å². The van der Waals surface area contributed by atoms with Crippen molar-refractivity contribution in [1.82, 2.24) is 0 Å². The first kappa shape index (κ1) is 13.8. The molecule has 2 aromatic carbocycles. The Morgan fingerprint density at radius 1 is 1.14 bits per heavy atom. The van der Waals surface area contributed by atoms with Crippen LogP contribution in [-0.4, -0.2) is 28.4 Å². The maximum atomic E-state index is 11.6. The number of benzene rings is 2. The number of carboxylic acid groups (broad SMARTS) is 1. The summed E-state index contributed by atoms with van der Waals surface area (Å²) in [4.78, 5) is 11.6. The van der Waals surface area contributed by atoms with Crippen LogP contribution in [0.2, 0.25) is 0 Å². The summed E-state index contributed by atoms with van der Waals surface area (Å²) >= 11 is 0. The number of aromatic hydroxyl groups is 2. The molecule has 1 aromatic heterocycles. The molecule has 0 radical (unpaired) electrons. The zero-order valence-electron chi connectivity index (χ0n) is 11.5. The molecule has 0 aliphatic rings. The molecule has 0 atom stereocenters. The van der Waals surface area contributed by atoms with Gasteiger partial charge in [0.1, 0.15) is 22.7 Å². The van der Waals surface area contributed by atoms with Crippen LogP contribution in [0.3, 0.4) is 0 Å². The van der Waals surface area contributed by atoms with Gasteiger partial charge in [0.25, 0.3) is 0 Å². The molecule has 3 aromatic rings. The van der Waals surface area contributed by atoms with E-state index in [1.165, 1.54) is 43.5 Å². The maximum Gasteiger partial charge on any atom is 0.340 e. The van der Waals surface area contributed by atoms with E-state index in [1.807, 2.05) is 0 Å². The highest BCUT2D eigenvalue weighted by molar-refractivity contribution is 6.08. The largest absolute Gasteiger partial charge is 0.508 e. The van der Waals surface area contributed by atoms with E-state index in [0.29, 0.717) is 10.9 Å². The van der Waals surface area contributed by atoms with Crippen molar-refractivity contribution in [2.45, 2.75) is 0 Å². The monoisotopic (exact) mass is 300 g/mol. The summed E-state index contributed by atoms with van der Waals surface area (Å²) in [6.07, 6.45) is 0. The molecule has 0 saturated carbocycles. The molecule has 0 bridgehead atoms. The van der Waals surface area contributed by atoms with E-state index in [0.717, 1.165) is 0 Å². The zero-order valence-corrected chi connectivity index (χ0v) is 11.5. The standard InChI is InChI=1S/C16H12O6/c1-21-13-6-8(2-5-11(13)18)15-14(16(19)20)10-4-3-9(17)7-12(10)22-15/h2-7,17-18H,1H3,(H,19,20). The van der Waals surface area contributed by atoms with Crippen molar-refractivity contribution >= 4 is 16.9 Å². The molecule has 3 N–H and O–H groups in total. The Morgan fingerprint density at radius 3 is 2.59 bits per heavy atom. The molecule has 0 aliphatic carbocycles. The summed E-state index contributed by atoms with van der Waals surface area (Å²) in [5.41, 5.74) is 0.699. The normalized spacial score (nSPS) is 10.8. The van der Waals surface area contributed by atoms with Crippen LogP contribution in [0.4, 0.5) is 0 Å². The molecular formula is C16H12O6. The van der Waals surface area contributed by atoms with Gasteiger partial charge in [-0.05, 0) is 30.3 Å². The van der Waals surface area contributed by atoms with E-state index in [4.69, 9.17) is 9.15 Å². The topological polar surface area (TPSA) is 100 Å². The van der Waals surface area contributed by atoms with Crippen molar-refractivity contribution in [3.63, 3.8) is 0 Å². The van der Waals surface area contributed by atoms with Crippen LogP contribution in [0, 0.1) is 0 Å². The molecule has 1 heterocycles. The lowest BCUT2D eigenvalue weighted by Gasteiger charge is -2.05. The van der Waals surface area contributed by atoms with Gasteiger partial charge in [-0.2, -0.15) is 0 Å². The van der Waals surface area contributed by atoms with Crippen molar-refractivity contribution in [2.75, 3.05) is 7.11 Å². The molecule has 0 fully saturated rings. The minimum Gasteiger partial charge on any atom is -0.508 e. The third kappa shape index (κ3) is 2.10. The fourth-order valence-corrected chi connectivity index (χ4v) is 2.32. The number of hydrogen-bond acceptors (Lipinski definition) is 5. The number of hydrogen-bond donors (Lipinski definition) is 3. The third-order valence-electron chi connectivity index (χ3n) is 3.33. The molecule has 0 unspecified atom stereocenters. The summed E-state index contributed by atoms with van der Waals surface area (Å²) in [7, 11) is 1.40. The van der Waals surface area contributed by atoms with Crippen molar-refractivity contribution in [3.05, 3.63) is 42.0 Å². The molecule has 0 spiro atoms. The van der Waals surface area contributed by atoms with Crippen molar-refractivity contribution in [3.8, 4) is 28.6 Å². The minimum atomic E-state index is -1.15. The van der Waals surface area contributed by atoms with Gasteiger partial charge in [0.15, 0.2) is 11.5 Å². The first-order valence-corrected chi connectivity index (χ1v) is 6.37. The number of phenolic OH excluding ortho intramolecular Hbond substituents is 2. The van der Waals surface area contributed by atoms with E-state index in [-0.39, 0.29) is 34.2 Å². The van der Waals surface area contributed by atoms with Gasteiger partial charge >= 0.3 is 5.97 Å². The molecule has 22 heavy (non-hydrogen) atoms. The predicted molar refractivity (Wildman–Crippen MR) is 78.5 cm³/mol. The summed E-state index contributed by atoms with van der Waals surface area (Å²) in [6, 6.07) is 8.64. The summed E-state index contributed by atoms with van der Waals surface area (Å²) < 4.78 is 10.6. The van der Waals surface area contributed by atoms with E-state index < -0.39 is 5.97 Å². The van der Waals surface area contributed by atoms with Gasteiger partial charge in [0.05, 0.1) is 7.11 Å². The second-order valence-electron chi connectivity index (χ2n) is 4.68. The van der Waals surface area contributed by atoms with Crippen LogP contribution in [-0.2, 0) is 0 Å². The average Bonchev–Trinajstić information content (AvgIpc) is 2.86. The maximum absolute atomic E-state index is 11.6. The Bertz CT molecular complexity index is 878. The highest BCUT2D eigenvalue weighted by atomic mass is 16.5. The highest BCUT2D eigenvalue weighted by Crippen LogP contribution is 2.38. The first-order valence-electron chi connectivity index (χ1n) is 6.37. The van der Waals surface area contributed by atoms with E-state index >= 15 is 0 Å². The van der Waals surface area contributed by atoms with Gasteiger partial charge in [0, 0.05) is 17.0 Å². The van der Waals surface area contributed by atoms with Crippen LogP contribution in [0.5, 0.6) is 17.2 Å². The number of carboxylic acids is 1. The van der Waals surface area contributed by atoms with Gasteiger partial charge in [-0.3, -0.25) is 0 Å². The van der Waals surface area contributed by atoms with E-state index in [2.05, 4.69) is 0 Å². The Balaban J connectivity index is 2.30. The summed E-state index contributed by atoms with van der Waals surface area (Å²) in [5, 5.41) is 29.0. The summed E-state index contributed by atoms with van der Waals surface area (Å²) in [5.74, 6) is -0.889. The van der Waals surface area contributed by atoms with Gasteiger partial charge in [0.2, 0.25) is 0 Å². The number of ether oxygens (including phenoxy) is 1. The molecule has 0 amide bonds. The lowest BCUT2D eigenvalue weighted by atomic mass is 10.0. The van der Waals surface area contributed by atoms with Crippen molar-refractivity contribution in [2.24, 2.45) is 0 Å². The van der Waals surface area contributed by atoms with Crippen LogP contribution < -0.4 is 4.74 Å². The lowest BCUT2D eigenvalue weighted by Crippen LogP contribution is -1.97. The van der Waals surface area contributed by atoms with Crippen LogP contribution in [0.25, 0.3) is 22.3 Å². The fraction of sp³-hybridized carbons (Fsp3) is 0.0625. The quantitative estimate of drug-likeness (QED) is 0.686. The Kier molecular flexibility index (Phi) is 3.14. The Hall–Kier alpha value is -3.15. The Labute approximate surface area is 124 Å². The average molecular weight is 300 g/mol. The number of carbonyl (C=O) groups is 1. The second kappa shape index (κ2) is 5.00. The van der Waals surface area contributed by atoms with Crippen molar-refractivity contribution in [1.29, 1.82) is 0 Å². The number of rotatable bonds is 3. The van der Waals surface area contributed by atoms with Crippen LogP contribution in [0.15, 0.2) is 40.8 Å². The number of methoxy groups -OCH3 is 1. The minimum absolute atomic E-state index is 0.0113. The zero-order chi connectivity index (χ0) is 15.9. The molecular weight excluding hydrogens is 288 g/mol. The summed E-state index contributed by atoms with van der Waals surface area (Å²) in [6.45, 7) is 0. The SMILES string of the molecule is COc1cc(-c2oc3cc(O)ccc3c2C(=O)O)ccc1O. The molecule has 0 aliphatic heterocycles. The van der Waals surface area contributed by atoms with E-state index in [1.54, 1.807) is 0 Å². The van der Waals surface area contributed by atoms with E-state index in [9.17, 15) is 20.1 Å². The van der Waals surface area contributed by atoms with Crippen molar-refractivity contribution < 1.29 is 29.3 Å². The van der Waals surface area contributed by atoms with Crippen LogP contribution in [0.1, 0.15) is 10.4 Å². The number of furan rings is 1. The number of phenols is 2. The Morgan fingerprint density at radius 2 is 1.91 bits per heavy atom. The molecule has 6 nitrogen and oxygen atoms in total. The fourth-order valence-electron chi connectivity index (χ4n) is 2.32. The lowest BCUT2D eigenvalue weighted by molar-refractivity contribution is 0.0699.